The largest absolute Gasteiger partial charge is 0.208 e. The first kappa shape index (κ1) is 40.8. The molecule has 0 saturated carbocycles. The lowest BCUT2D eigenvalue weighted by molar-refractivity contribution is 0.439. The summed E-state index contributed by atoms with van der Waals surface area (Å²) in [5.41, 5.74) is 13.3. The molecule has 0 atom stereocenters. The van der Waals surface area contributed by atoms with Gasteiger partial charge in [0.1, 0.15) is 0 Å². The number of nitrogens with zero attached hydrogens (tertiary/aromatic N) is 3. The molecule has 0 spiro atoms. The Morgan fingerprint density at radius 2 is 0.554 bits per heavy atom. The molecule has 0 aliphatic rings. The van der Waals surface area contributed by atoms with Crippen molar-refractivity contribution >= 4 is 0 Å². The SMILES string of the molecule is CCC(C)(CC)c1ccc(-c2nc(-c3ccc(C(C)(CC)CC)cc3)nc(-c3cc(-c4ccc(C(C)(C)C)cc4)cc(-c4ccc(C(C)(C)C)cc4)c3)n2)cc1. The highest BCUT2D eigenvalue weighted by Gasteiger charge is 2.24. The minimum Gasteiger partial charge on any atom is -0.208 e. The van der Waals surface area contributed by atoms with Gasteiger partial charge in [-0.05, 0) is 110 Å². The minimum absolute atomic E-state index is 0.0752. The van der Waals surface area contributed by atoms with Crippen molar-refractivity contribution in [2.75, 3.05) is 0 Å². The minimum atomic E-state index is 0.0752. The zero-order valence-corrected chi connectivity index (χ0v) is 36.1. The average molecular weight is 742 g/mol. The van der Waals surface area contributed by atoms with Crippen molar-refractivity contribution in [1.29, 1.82) is 0 Å². The van der Waals surface area contributed by atoms with Crippen molar-refractivity contribution in [3.8, 4) is 56.4 Å². The van der Waals surface area contributed by atoms with Crippen molar-refractivity contribution in [3.63, 3.8) is 0 Å². The Morgan fingerprint density at radius 3 is 0.839 bits per heavy atom. The zero-order chi connectivity index (χ0) is 40.5. The smallest absolute Gasteiger partial charge is 0.164 e. The van der Waals surface area contributed by atoms with E-state index in [1.165, 1.54) is 22.3 Å². The molecule has 1 heterocycles. The third-order valence-electron chi connectivity index (χ3n) is 12.8. The summed E-state index contributed by atoms with van der Waals surface area (Å²) < 4.78 is 0. The molecule has 290 valence electrons. The molecule has 0 bridgehead atoms. The van der Waals surface area contributed by atoms with Crippen LogP contribution in [-0.2, 0) is 21.7 Å². The lowest BCUT2D eigenvalue weighted by Crippen LogP contribution is -2.19. The molecule has 3 nitrogen and oxygen atoms in total. The van der Waals surface area contributed by atoms with E-state index < -0.39 is 0 Å². The monoisotopic (exact) mass is 742 g/mol. The Hall–Kier alpha value is -4.89. The second kappa shape index (κ2) is 15.9. The first-order valence-electron chi connectivity index (χ1n) is 20.9. The molecule has 1 aromatic heterocycles. The van der Waals surface area contributed by atoms with Crippen molar-refractivity contribution in [2.24, 2.45) is 0 Å². The molecule has 0 amide bonds. The van der Waals surface area contributed by atoms with Crippen LogP contribution in [0.4, 0.5) is 0 Å². The maximum absolute atomic E-state index is 5.26. The van der Waals surface area contributed by atoms with Gasteiger partial charge in [-0.3, -0.25) is 0 Å². The van der Waals surface area contributed by atoms with Gasteiger partial charge in [0.15, 0.2) is 17.5 Å². The first-order chi connectivity index (χ1) is 26.5. The fourth-order valence-electron chi connectivity index (χ4n) is 7.54. The van der Waals surface area contributed by atoms with Gasteiger partial charge in [0, 0.05) is 16.7 Å². The summed E-state index contributed by atoms with van der Waals surface area (Å²) in [5, 5.41) is 0. The molecule has 5 aromatic carbocycles. The highest BCUT2D eigenvalue weighted by Crippen LogP contribution is 2.37. The first-order valence-corrected chi connectivity index (χ1v) is 20.9. The molecule has 0 saturated heterocycles. The van der Waals surface area contributed by atoms with Crippen LogP contribution in [0.3, 0.4) is 0 Å². The Balaban J connectivity index is 1.55. The molecule has 0 N–H and O–H groups in total. The van der Waals surface area contributed by atoms with Crippen LogP contribution in [-0.4, -0.2) is 15.0 Å². The fourth-order valence-corrected chi connectivity index (χ4v) is 7.54. The third-order valence-corrected chi connectivity index (χ3v) is 12.8. The molecular formula is C53H63N3. The van der Waals surface area contributed by atoms with Gasteiger partial charge in [-0.1, -0.05) is 180 Å². The molecule has 56 heavy (non-hydrogen) atoms. The van der Waals surface area contributed by atoms with Crippen molar-refractivity contribution in [1.82, 2.24) is 15.0 Å². The van der Waals surface area contributed by atoms with Crippen molar-refractivity contribution in [3.05, 3.63) is 138 Å². The highest BCUT2D eigenvalue weighted by molar-refractivity contribution is 5.80. The Labute approximate surface area is 338 Å². The average Bonchev–Trinajstić information content (AvgIpc) is 3.22. The van der Waals surface area contributed by atoms with Gasteiger partial charge in [-0.25, -0.2) is 15.0 Å². The topological polar surface area (TPSA) is 38.7 Å². The Kier molecular flexibility index (Phi) is 11.6. The highest BCUT2D eigenvalue weighted by atomic mass is 15.0. The summed E-state index contributed by atoms with van der Waals surface area (Å²) in [6.07, 6.45) is 4.35. The number of benzene rings is 5. The van der Waals surface area contributed by atoms with Crippen LogP contribution in [0.25, 0.3) is 56.4 Å². The van der Waals surface area contributed by atoms with Crippen LogP contribution in [0.2, 0.25) is 0 Å². The van der Waals surface area contributed by atoms with Gasteiger partial charge in [-0.15, -0.1) is 0 Å². The third kappa shape index (κ3) is 8.58. The molecule has 3 heteroatoms. The van der Waals surface area contributed by atoms with Crippen molar-refractivity contribution in [2.45, 2.75) is 130 Å². The van der Waals surface area contributed by atoms with Crippen LogP contribution in [0.15, 0.2) is 115 Å². The molecule has 0 aliphatic carbocycles. The van der Waals surface area contributed by atoms with E-state index in [9.17, 15) is 0 Å². The van der Waals surface area contributed by atoms with Gasteiger partial charge in [0.25, 0.3) is 0 Å². The predicted octanol–water partition coefficient (Wildman–Crippen LogP) is 15.0. The van der Waals surface area contributed by atoms with E-state index in [1.54, 1.807) is 0 Å². The van der Waals surface area contributed by atoms with Gasteiger partial charge < -0.3 is 0 Å². The van der Waals surface area contributed by atoms with Gasteiger partial charge in [0.05, 0.1) is 0 Å². The van der Waals surface area contributed by atoms with E-state index in [0.29, 0.717) is 17.5 Å². The summed E-state index contributed by atoms with van der Waals surface area (Å²) >= 11 is 0. The van der Waals surface area contributed by atoms with E-state index in [1.807, 2.05) is 0 Å². The maximum Gasteiger partial charge on any atom is 0.164 e. The number of hydrogen-bond acceptors (Lipinski definition) is 3. The summed E-state index contributed by atoms with van der Waals surface area (Å²) in [6.45, 7) is 27.4. The quantitative estimate of drug-likeness (QED) is 0.133. The molecule has 6 rings (SSSR count). The van der Waals surface area contributed by atoms with E-state index in [0.717, 1.165) is 64.6 Å². The van der Waals surface area contributed by atoms with E-state index in [-0.39, 0.29) is 21.7 Å². The van der Waals surface area contributed by atoms with Crippen LogP contribution >= 0.6 is 0 Å². The van der Waals surface area contributed by atoms with Crippen LogP contribution in [0, 0.1) is 0 Å². The van der Waals surface area contributed by atoms with E-state index in [2.05, 4.69) is 198 Å². The van der Waals surface area contributed by atoms with Gasteiger partial charge >= 0.3 is 0 Å². The number of aromatic nitrogens is 3. The molecule has 0 radical (unpaired) electrons. The van der Waals surface area contributed by atoms with Crippen LogP contribution < -0.4 is 0 Å². The predicted molar refractivity (Wildman–Crippen MR) is 240 cm³/mol. The Bertz CT molecular complexity index is 2080. The van der Waals surface area contributed by atoms with E-state index >= 15 is 0 Å². The zero-order valence-electron chi connectivity index (χ0n) is 36.1. The normalized spacial score (nSPS) is 12.6. The van der Waals surface area contributed by atoms with Crippen LogP contribution in [0.5, 0.6) is 0 Å². The fraction of sp³-hybridized carbons (Fsp3) is 0.377. The van der Waals surface area contributed by atoms with Crippen LogP contribution in [0.1, 0.15) is 131 Å². The van der Waals surface area contributed by atoms with Crippen molar-refractivity contribution < 1.29 is 0 Å². The molecular weight excluding hydrogens is 679 g/mol. The second-order valence-corrected chi connectivity index (χ2v) is 18.5. The standard InChI is InChI=1S/C53H63N3/c1-13-52(11,14-2)45-29-21-38(22-30-45)47-54-48(39-23-31-46(32-24-39)53(12,15-3)16-4)56-49(55-47)42-34-40(36-17-25-43(26-18-36)50(5,6)7)33-41(35-42)37-19-27-44(28-20-37)51(8,9)10/h17-35H,13-16H2,1-12H3. The number of rotatable bonds is 11. The Morgan fingerprint density at radius 1 is 0.304 bits per heavy atom. The lowest BCUT2D eigenvalue weighted by Gasteiger charge is -2.27. The van der Waals surface area contributed by atoms with E-state index in [4.69, 9.17) is 15.0 Å². The molecule has 0 fully saturated rings. The summed E-state index contributed by atoms with van der Waals surface area (Å²) in [7, 11) is 0. The van der Waals surface area contributed by atoms with Gasteiger partial charge in [0.2, 0.25) is 0 Å². The van der Waals surface area contributed by atoms with Gasteiger partial charge in [-0.2, -0.15) is 0 Å². The molecule has 6 aromatic rings. The summed E-state index contributed by atoms with van der Waals surface area (Å²) in [6, 6.07) is 42.6. The summed E-state index contributed by atoms with van der Waals surface area (Å²) in [5.74, 6) is 2.02. The molecule has 0 aliphatic heterocycles. The molecule has 0 unspecified atom stereocenters. The second-order valence-electron chi connectivity index (χ2n) is 18.5. The lowest BCUT2D eigenvalue weighted by atomic mass is 9.78. The summed E-state index contributed by atoms with van der Waals surface area (Å²) in [4.78, 5) is 15.7. The number of hydrogen-bond donors (Lipinski definition) is 0. The maximum atomic E-state index is 5.26.